The Hall–Kier alpha value is -2.36. The first-order valence-electron chi connectivity index (χ1n) is 6.71. The zero-order valence-corrected chi connectivity index (χ0v) is 11.9. The number of hydrogen-bond acceptors (Lipinski definition) is 3. The van der Waals surface area contributed by atoms with Crippen molar-refractivity contribution in [2.75, 3.05) is 7.11 Å². The fourth-order valence-electron chi connectivity index (χ4n) is 2.46. The second-order valence-corrected chi connectivity index (χ2v) is 4.73. The lowest BCUT2D eigenvalue weighted by atomic mass is 10.1. The Kier molecular flexibility index (Phi) is 3.14. The van der Waals surface area contributed by atoms with Crippen molar-refractivity contribution in [2.45, 2.75) is 20.3 Å². The van der Waals surface area contributed by atoms with Crippen LogP contribution in [0, 0.1) is 6.92 Å². The number of benzene rings is 1. The Morgan fingerprint density at radius 2 is 2.10 bits per heavy atom. The Morgan fingerprint density at radius 1 is 1.25 bits per heavy atom. The predicted octanol–water partition coefficient (Wildman–Crippen LogP) is 3.30. The molecule has 0 amide bonds. The predicted molar refractivity (Wildman–Crippen MR) is 79.5 cm³/mol. The van der Waals surface area contributed by atoms with Crippen molar-refractivity contribution in [2.24, 2.45) is 0 Å². The fourth-order valence-corrected chi connectivity index (χ4v) is 2.46. The van der Waals surface area contributed by atoms with Crippen LogP contribution in [-0.2, 0) is 6.42 Å². The quantitative estimate of drug-likeness (QED) is 0.731. The van der Waals surface area contributed by atoms with E-state index in [0.29, 0.717) is 0 Å². The molecule has 102 valence electrons. The van der Waals surface area contributed by atoms with Crippen molar-refractivity contribution in [3.05, 3.63) is 48.2 Å². The van der Waals surface area contributed by atoms with E-state index in [-0.39, 0.29) is 0 Å². The molecule has 20 heavy (non-hydrogen) atoms. The molecule has 0 aliphatic heterocycles. The first-order chi connectivity index (χ1) is 9.72. The summed E-state index contributed by atoms with van der Waals surface area (Å²) in [6.45, 7) is 4.12. The maximum atomic E-state index is 5.33. The van der Waals surface area contributed by atoms with Gasteiger partial charge >= 0.3 is 0 Å². The molecule has 0 saturated carbocycles. The third-order valence-electron chi connectivity index (χ3n) is 3.42. The summed E-state index contributed by atoms with van der Waals surface area (Å²) in [6, 6.07) is 8.04. The molecule has 0 N–H and O–H groups in total. The molecule has 0 radical (unpaired) electrons. The molecule has 0 unspecified atom stereocenters. The monoisotopic (exact) mass is 267 g/mol. The molecule has 0 aliphatic rings. The molecule has 0 fully saturated rings. The van der Waals surface area contributed by atoms with Gasteiger partial charge in [0.25, 0.3) is 0 Å². The van der Waals surface area contributed by atoms with E-state index in [4.69, 9.17) is 4.74 Å². The molecule has 2 heterocycles. The molecule has 2 aromatic heterocycles. The van der Waals surface area contributed by atoms with Crippen LogP contribution in [0.5, 0.6) is 5.75 Å². The van der Waals surface area contributed by atoms with E-state index in [2.05, 4.69) is 27.5 Å². The van der Waals surface area contributed by atoms with Gasteiger partial charge < -0.3 is 9.30 Å². The van der Waals surface area contributed by atoms with Gasteiger partial charge in [0.05, 0.1) is 18.3 Å². The van der Waals surface area contributed by atoms with Gasteiger partial charge in [-0.2, -0.15) is 0 Å². The minimum atomic E-state index is 0.836. The summed E-state index contributed by atoms with van der Waals surface area (Å²) in [6.07, 6.45) is 4.72. The summed E-state index contributed by atoms with van der Waals surface area (Å²) >= 11 is 0. The van der Waals surface area contributed by atoms with Crippen LogP contribution in [0.25, 0.3) is 16.6 Å². The van der Waals surface area contributed by atoms with Gasteiger partial charge in [0.2, 0.25) is 0 Å². The van der Waals surface area contributed by atoms with E-state index < -0.39 is 0 Å². The average Bonchev–Trinajstić information content (AvgIpc) is 2.94. The van der Waals surface area contributed by atoms with Crippen LogP contribution in [0.15, 0.2) is 36.7 Å². The Balaban J connectivity index is 2.33. The smallest absolute Gasteiger partial charge is 0.119 e. The molecule has 0 spiro atoms. The molecular formula is C16H17N3O. The number of ether oxygens (including phenoxy) is 1. The van der Waals surface area contributed by atoms with Crippen molar-refractivity contribution in [1.29, 1.82) is 0 Å². The van der Waals surface area contributed by atoms with Crippen LogP contribution >= 0.6 is 0 Å². The highest BCUT2D eigenvalue weighted by molar-refractivity contribution is 5.88. The number of fused-ring (bicyclic) bond motifs is 1. The van der Waals surface area contributed by atoms with Gasteiger partial charge in [-0.25, -0.2) is 4.98 Å². The fraction of sp³-hybridized carbons (Fsp3) is 0.250. The topological polar surface area (TPSA) is 39.9 Å². The third kappa shape index (κ3) is 2.03. The molecule has 0 saturated heterocycles. The summed E-state index contributed by atoms with van der Waals surface area (Å²) in [4.78, 5) is 8.99. The summed E-state index contributed by atoms with van der Waals surface area (Å²) in [7, 11) is 1.68. The molecular weight excluding hydrogens is 250 g/mol. The largest absolute Gasteiger partial charge is 0.497 e. The van der Waals surface area contributed by atoms with Gasteiger partial charge in [0.15, 0.2) is 0 Å². The van der Waals surface area contributed by atoms with Crippen molar-refractivity contribution < 1.29 is 4.74 Å². The minimum absolute atomic E-state index is 0.836. The van der Waals surface area contributed by atoms with Crippen LogP contribution in [0.1, 0.15) is 18.4 Å². The Morgan fingerprint density at radius 3 is 2.85 bits per heavy atom. The van der Waals surface area contributed by atoms with Gasteiger partial charge in [0.1, 0.15) is 11.6 Å². The molecule has 3 rings (SSSR count). The SMILES string of the molecule is CCc1nccn1-c1cc(C)nc2ccc(OC)cc12. The van der Waals surface area contributed by atoms with E-state index >= 15 is 0 Å². The van der Waals surface area contributed by atoms with Crippen LogP contribution < -0.4 is 4.74 Å². The third-order valence-corrected chi connectivity index (χ3v) is 3.42. The van der Waals surface area contributed by atoms with Crippen molar-refractivity contribution in [3.8, 4) is 11.4 Å². The maximum Gasteiger partial charge on any atom is 0.119 e. The number of nitrogens with zero attached hydrogens (tertiary/aromatic N) is 3. The first-order valence-corrected chi connectivity index (χ1v) is 6.71. The van der Waals surface area contributed by atoms with E-state index in [1.807, 2.05) is 37.5 Å². The molecule has 1 aromatic carbocycles. The number of pyridine rings is 1. The second-order valence-electron chi connectivity index (χ2n) is 4.73. The summed E-state index contributed by atoms with van der Waals surface area (Å²) in [5.41, 5.74) is 3.06. The Bertz CT molecular complexity index is 762. The lowest BCUT2D eigenvalue weighted by Crippen LogP contribution is -2.01. The summed E-state index contributed by atoms with van der Waals surface area (Å²) in [5.74, 6) is 1.88. The lowest BCUT2D eigenvalue weighted by molar-refractivity contribution is 0.415. The first kappa shape index (κ1) is 12.7. The summed E-state index contributed by atoms with van der Waals surface area (Å²) in [5, 5.41) is 1.07. The maximum absolute atomic E-state index is 5.33. The summed E-state index contributed by atoms with van der Waals surface area (Å²) < 4.78 is 7.45. The normalized spacial score (nSPS) is 10.9. The van der Waals surface area contributed by atoms with E-state index in [1.165, 1.54) is 0 Å². The number of aromatic nitrogens is 3. The second kappa shape index (κ2) is 4.96. The van der Waals surface area contributed by atoms with E-state index in [0.717, 1.165) is 40.3 Å². The van der Waals surface area contributed by atoms with Crippen molar-refractivity contribution in [3.63, 3.8) is 0 Å². The Labute approximate surface area is 118 Å². The van der Waals surface area contributed by atoms with E-state index in [1.54, 1.807) is 7.11 Å². The van der Waals surface area contributed by atoms with Gasteiger partial charge in [-0.15, -0.1) is 0 Å². The van der Waals surface area contributed by atoms with Crippen molar-refractivity contribution in [1.82, 2.24) is 14.5 Å². The van der Waals surface area contributed by atoms with Gasteiger partial charge in [-0.3, -0.25) is 4.98 Å². The van der Waals surface area contributed by atoms with Crippen LogP contribution in [-0.4, -0.2) is 21.6 Å². The van der Waals surface area contributed by atoms with Gasteiger partial charge in [-0.1, -0.05) is 6.92 Å². The minimum Gasteiger partial charge on any atom is -0.497 e. The van der Waals surface area contributed by atoms with Crippen molar-refractivity contribution >= 4 is 10.9 Å². The number of hydrogen-bond donors (Lipinski definition) is 0. The van der Waals surface area contributed by atoms with Crippen LogP contribution in [0.3, 0.4) is 0 Å². The highest BCUT2D eigenvalue weighted by Crippen LogP contribution is 2.27. The standard InChI is InChI=1S/C16H17N3O/c1-4-16-17-7-8-19(16)15-9-11(2)18-14-6-5-12(20-3)10-13(14)15/h5-10H,4H2,1-3H3. The van der Waals surface area contributed by atoms with Crippen LogP contribution in [0.4, 0.5) is 0 Å². The lowest BCUT2D eigenvalue weighted by Gasteiger charge is -2.12. The van der Waals surface area contributed by atoms with Gasteiger partial charge in [0, 0.05) is 29.9 Å². The molecule has 4 nitrogen and oxygen atoms in total. The number of aryl methyl sites for hydroxylation is 2. The molecule has 0 aliphatic carbocycles. The molecule has 4 heteroatoms. The number of methoxy groups -OCH3 is 1. The molecule has 3 aromatic rings. The molecule has 0 bridgehead atoms. The number of rotatable bonds is 3. The van der Waals surface area contributed by atoms with Gasteiger partial charge in [-0.05, 0) is 31.2 Å². The average molecular weight is 267 g/mol. The highest BCUT2D eigenvalue weighted by Gasteiger charge is 2.10. The van der Waals surface area contributed by atoms with E-state index in [9.17, 15) is 0 Å². The number of imidazole rings is 1. The zero-order valence-electron chi connectivity index (χ0n) is 11.9. The highest BCUT2D eigenvalue weighted by atomic mass is 16.5. The van der Waals surface area contributed by atoms with Crippen LogP contribution in [0.2, 0.25) is 0 Å². The molecule has 0 atom stereocenters. The zero-order chi connectivity index (χ0) is 14.1.